The molecule has 1 aromatic rings. The normalized spacial score (nSPS) is 17.4. The number of hydrogen-bond donors (Lipinski definition) is 1. The smallest absolute Gasteiger partial charge is 0.292 e. The Kier molecular flexibility index (Phi) is 4.29. The van der Waals surface area contributed by atoms with Gasteiger partial charge in [-0.2, -0.15) is 11.8 Å². The molecule has 19 heavy (non-hydrogen) atoms. The molecule has 6 heteroatoms. The Morgan fingerprint density at radius 2 is 2.16 bits per heavy atom. The second-order valence-electron chi connectivity index (χ2n) is 4.87. The highest BCUT2D eigenvalue weighted by Crippen LogP contribution is 2.40. The van der Waals surface area contributed by atoms with Crippen molar-refractivity contribution in [1.29, 1.82) is 0 Å². The SMILES string of the molecule is CSC1(CNc2cc(F)ccc2[N+](=O)[O-])CCCC1. The number of nitrogens with one attached hydrogen (secondary N) is 1. The van der Waals surface area contributed by atoms with Crippen LogP contribution in [0.15, 0.2) is 18.2 Å². The number of nitro benzene ring substituents is 1. The number of anilines is 1. The third-order valence-electron chi connectivity index (χ3n) is 3.70. The summed E-state index contributed by atoms with van der Waals surface area (Å²) >= 11 is 1.79. The molecule has 0 unspecified atom stereocenters. The van der Waals surface area contributed by atoms with Gasteiger partial charge in [0.1, 0.15) is 11.5 Å². The van der Waals surface area contributed by atoms with Gasteiger partial charge < -0.3 is 5.32 Å². The van der Waals surface area contributed by atoms with Gasteiger partial charge in [-0.3, -0.25) is 10.1 Å². The van der Waals surface area contributed by atoms with Gasteiger partial charge in [0.25, 0.3) is 5.69 Å². The molecule has 1 saturated carbocycles. The monoisotopic (exact) mass is 284 g/mol. The zero-order valence-corrected chi connectivity index (χ0v) is 11.6. The van der Waals surface area contributed by atoms with Gasteiger partial charge >= 0.3 is 0 Å². The first-order valence-corrected chi connectivity index (χ1v) is 7.52. The second-order valence-corrected chi connectivity index (χ2v) is 6.14. The number of benzene rings is 1. The maximum Gasteiger partial charge on any atom is 0.292 e. The number of nitro groups is 1. The maximum atomic E-state index is 13.2. The van der Waals surface area contributed by atoms with Crippen LogP contribution < -0.4 is 5.32 Å². The summed E-state index contributed by atoms with van der Waals surface area (Å²) in [7, 11) is 0. The summed E-state index contributed by atoms with van der Waals surface area (Å²) in [4.78, 5) is 10.4. The van der Waals surface area contributed by atoms with E-state index in [2.05, 4.69) is 11.6 Å². The van der Waals surface area contributed by atoms with Crippen molar-refractivity contribution in [3.8, 4) is 0 Å². The third kappa shape index (κ3) is 3.18. The summed E-state index contributed by atoms with van der Waals surface area (Å²) in [5, 5.41) is 14.0. The van der Waals surface area contributed by atoms with Gasteiger partial charge in [-0.05, 0) is 25.2 Å². The van der Waals surface area contributed by atoms with Crippen LogP contribution in [0.3, 0.4) is 0 Å². The van der Waals surface area contributed by atoms with Crippen LogP contribution in [-0.4, -0.2) is 22.5 Å². The standard InChI is InChI=1S/C13H17FN2O2S/c1-19-13(6-2-3-7-13)9-15-11-8-10(14)4-5-12(11)16(17)18/h4-5,8,15H,2-3,6-7,9H2,1H3. The molecule has 4 nitrogen and oxygen atoms in total. The van der Waals surface area contributed by atoms with Crippen LogP contribution in [-0.2, 0) is 0 Å². The Morgan fingerprint density at radius 3 is 2.74 bits per heavy atom. The fraction of sp³-hybridized carbons (Fsp3) is 0.538. The van der Waals surface area contributed by atoms with Crippen molar-refractivity contribution < 1.29 is 9.31 Å². The quantitative estimate of drug-likeness (QED) is 0.659. The van der Waals surface area contributed by atoms with E-state index in [0.717, 1.165) is 18.9 Å². The van der Waals surface area contributed by atoms with Crippen molar-refractivity contribution in [3.05, 3.63) is 34.1 Å². The minimum Gasteiger partial charge on any atom is -0.378 e. The molecule has 0 bridgehead atoms. The topological polar surface area (TPSA) is 55.2 Å². The van der Waals surface area contributed by atoms with E-state index in [1.165, 1.54) is 25.0 Å². The highest BCUT2D eigenvalue weighted by molar-refractivity contribution is 8.00. The van der Waals surface area contributed by atoms with E-state index in [-0.39, 0.29) is 16.1 Å². The second kappa shape index (κ2) is 5.77. The highest BCUT2D eigenvalue weighted by atomic mass is 32.2. The molecular weight excluding hydrogens is 267 g/mol. The van der Waals surface area contributed by atoms with Gasteiger partial charge in [0.15, 0.2) is 0 Å². The molecule has 1 aliphatic rings. The predicted molar refractivity (Wildman–Crippen MR) is 76.3 cm³/mol. The minimum absolute atomic E-state index is 0.0735. The molecule has 0 heterocycles. The van der Waals surface area contributed by atoms with Crippen molar-refractivity contribution in [1.82, 2.24) is 0 Å². The predicted octanol–water partition coefficient (Wildman–Crippen LogP) is 3.82. The molecule has 2 rings (SSSR count). The average molecular weight is 284 g/mol. The zero-order valence-electron chi connectivity index (χ0n) is 10.8. The Hall–Kier alpha value is -1.30. The third-order valence-corrected chi connectivity index (χ3v) is 5.12. The maximum absolute atomic E-state index is 13.2. The fourth-order valence-corrected chi connectivity index (χ4v) is 3.45. The Bertz CT molecular complexity index is 476. The van der Waals surface area contributed by atoms with E-state index in [4.69, 9.17) is 0 Å². The number of halogens is 1. The summed E-state index contributed by atoms with van der Waals surface area (Å²) in [6.07, 6.45) is 6.64. The van der Waals surface area contributed by atoms with Crippen LogP contribution in [0.2, 0.25) is 0 Å². The molecule has 0 aromatic heterocycles. The van der Waals surface area contributed by atoms with Crippen LogP contribution in [0.4, 0.5) is 15.8 Å². The number of nitrogens with zero attached hydrogens (tertiary/aromatic N) is 1. The minimum atomic E-state index is -0.484. The van der Waals surface area contributed by atoms with Crippen LogP contribution in [0.25, 0.3) is 0 Å². The molecule has 0 amide bonds. The number of rotatable bonds is 5. The lowest BCUT2D eigenvalue weighted by atomic mass is 10.1. The van der Waals surface area contributed by atoms with Crippen molar-refractivity contribution in [3.63, 3.8) is 0 Å². The van der Waals surface area contributed by atoms with Gasteiger partial charge in [0.2, 0.25) is 0 Å². The van der Waals surface area contributed by atoms with Gasteiger partial charge in [-0.25, -0.2) is 4.39 Å². The molecular formula is C13H17FN2O2S. The van der Waals surface area contributed by atoms with E-state index in [1.807, 2.05) is 0 Å². The van der Waals surface area contributed by atoms with Gasteiger partial charge in [-0.15, -0.1) is 0 Å². The van der Waals surface area contributed by atoms with Crippen molar-refractivity contribution in [2.24, 2.45) is 0 Å². The van der Waals surface area contributed by atoms with E-state index in [1.54, 1.807) is 11.8 Å². The molecule has 104 valence electrons. The van der Waals surface area contributed by atoms with Gasteiger partial charge in [0, 0.05) is 23.4 Å². The molecule has 0 spiro atoms. The first-order valence-electron chi connectivity index (χ1n) is 6.29. The molecule has 0 atom stereocenters. The summed E-state index contributed by atoms with van der Waals surface area (Å²) in [6.45, 7) is 0.637. The first kappa shape index (κ1) is 14.1. The first-order chi connectivity index (χ1) is 9.06. The van der Waals surface area contributed by atoms with Crippen LogP contribution in [0.1, 0.15) is 25.7 Å². The van der Waals surface area contributed by atoms with E-state index >= 15 is 0 Å². The van der Waals surface area contributed by atoms with Crippen molar-refractivity contribution >= 4 is 23.1 Å². The lowest BCUT2D eigenvalue weighted by molar-refractivity contribution is -0.384. The molecule has 1 fully saturated rings. The van der Waals surface area contributed by atoms with Gasteiger partial charge in [-0.1, -0.05) is 12.8 Å². The molecule has 0 radical (unpaired) electrons. The summed E-state index contributed by atoms with van der Waals surface area (Å²) in [5.41, 5.74) is 0.195. The Balaban J connectivity index is 2.14. The Morgan fingerprint density at radius 1 is 1.47 bits per heavy atom. The lowest BCUT2D eigenvalue weighted by Gasteiger charge is -2.27. The van der Waals surface area contributed by atoms with Crippen molar-refractivity contribution in [2.45, 2.75) is 30.4 Å². The van der Waals surface area contributed by atoms with Crippen molar-refractivity contribution in [2.75, 3.05) is 18.1 Å². The van der Waals surface area contributed by atoms with Crippen LogP contribution >= 0.6 is 11.8 Å². The lowest BCUT2D eigenvalue weighted by Crippen LogP contribution is -2.30. The average Bonchev–Trinajstić information content (AvgIpc) is 2.85. The van der Waals surface area contributed by atoms with Gasteiger partial charge in [0.05, 0.1) is 4.92 Å². The molecule has 0 saturated heterocycles. The van der Waals surface area contributed by atoms with Crippen LogP contribution in [0, 0.1) is 15.9 Å². The van der Waals surface area contributed by atoms with E-state index < -0.39 is 10.7 Å². The Labute approximate surface area is 115 Å². The number of hydrogen-bond acceptors (Lipinski definition) is 4. The molecule has 0 aliphatic heterocycles. The van der Waals surface area contributed by atoms with Crippen LogP contribution in [0.5, 0.6) is 0 Å². The molecule has 1 aliphatic carbocycles. The molecule has 1 aromatic carbocycles. The largest absolute Gasteiger partial charge is 0.378 e. The summed E-state index contributed by atoms with van der Waals surface area (Å²) < 4.78 is 13.3. The fourth-order valence-electron chi connectivity index (χ4n) is 2.54. The van der Waals surface area contributed by atoms with E-state index in [0.29, 0.717) is 6.54 Å². The number of thioether (sulfide) groups is 1. The highest BCUT2D eigenvalue weighted by Gasteiger charge is 2.33. The molecule has 1 N–H and O–H groups in total. The van der Waals surface area contributed by atoms with E-state index in [9.17, 15) is 14.5 Å². The summed E-state index contributed by atoms with van der Waals surface area (Å²) in [5.74, 6) is -0.460. The summed E-state index contributed by atoms with van der Waals surface area (Å²) in [6, 6.07) is 3.52. The zero-order chi connectivity index (χ0) is 13.9.